The molecule has 0 unspecified atom stereocenters. The molecule has 0 radical (unpaired) electrons. The molecular weight excluding hydrogens is 268 g/mol. The van der Waals surface area contributed by atoms with Crippen molar-refractivity contribution in [3.63, 3.8) is 0 Å². The fourth-order valence-corrected chi connectivity index (χ4v) is 2.45. The molecule has 0 aliphatic carbocycles. The Morgan fingerprint density at radius 1 is 1.05 bits per heavy atom. The summed E-state index contributed by atoms with van der Waals surface area (Å²) in [6, 6.07) is 4.25. The lowest BCUT2D eigenvalue weighted by Crippen LogP contribution is -2.19. The van der Waals surface area contributed by atoms with Crippen LogP contribution in [0.1, 0.15) is 76.8 Å². The van der Waals surface area contributed by atoms with Gasteiger partial charge in [0.15, 0.2) is 0 Å². The van der Waals surface area contributed by atoms with E-state index in [1.54, 1.807) is 0 Å². The summed E-state index contributed by atoms with van der Waals surface area (Å²) in [5.41, 5.74) is 1.20. The standard InChI is InChI=1S/C17H29ClN2/c1-3-4-5-6-7-8-9-10-13-19-15(2)16-11-12-17(18)20-14-16/h11-12,14-15,19H,3-10,13H2,1-2H3/t15-/m0/s1. The molecule has 1 heterocycles. The van der Waals surface area contributed by atoms with E-state index in [4.69, 9.17) is 11.6 Å². The molecule has 0 fully saturated rings. The van der Waals surface area contributed by atoms with Crippen LogP contribution in [-0.2, 0) is 0 Å². The molecule has 0 aliphatic heterocycles. The van der Waals surface area contributed by atoms with Crippen molar-refractivity contribution in [2.45, 2.75) is 71.3 Å². The third-order valence-electron chi connectivity index (χ3n) is 3.73. The summed E-state index contributed by atoms with van der Waals surface area (Å²) >= 11 is 5.79. The van der Waals surface area contributed by atoms with Crippen molar-refractivity contribution in [1.29, 1.82) is 0 Å². The quantitative estimate of drug-likeness (QED) is 0.429. The second-order valence-electron chi connectivity index (χ2n) is 5.56. The molecule has 0 saturated heterocycles. The highest BCUT2D eigenvalue weighted by Gasteiger charge is 2.04. The molecule has 0 spiro atoms. The largest absolute Gasteiger partial charge is 0.310 e. The summed E-state index contributed by atoms with van der Waals surface area (Å²) in [6.07, 6.45) is 12.8. The first-order valence-electron chi connectivity index (χ1n) is 8.09. The predicted molar refractivity (Wildman–Crippen MR) is 88.3 cm³/mol. The third kappa shape index (κ3) is 7.86. The lowest BCUT2D eigenvalue weighted by Gasteiger charge is -2.13. The number of aromatic nitrogens is 1. The van der Waals surface area contributed by atoms with Crippen LogP contribution in [0.2, 0.25) is 5.15 Å². The van der Waals surface area contributed by atoms with Crippen molar-refractivity contribution in [2.24, 2.45) is 0 Å². The fraction of sp³-hybridized carbons (Fsp3) is 0.706. The van der Waals surface area contributed by atoms with E-state index >= 15 is 0 Å². The van der Waals surface area contributed by atoms with Crippen LogP contribution in [-0.4, -0.2) is 11.5 Å². The van der Waals surface area contributed by atoms with Crippen LogP contribution in [0.3, 0.4) is 0 Å². The Bertz CT molecular complexity index is 337. The van der Waals surface area contributed by atoms with E-state index < -0.39 is 0 Å². The van der Waals surface area contributed by atoms with Gasteiger partial charge < -0.3 is 5.32 Å². The van der Waals surface area contributed by atoms with Crippen molar-refractivity contribution in [2.75, 3.05) is 6.54 Å². The number of unbranched alkanes of at least 4 members (excludes halogenated alkanes) is 7. The van der Waals surface area contributed by atoms with Gasteiger partial charge >= 0.3 is 0 Å². The third-order valence-corrected chi connectivity index (χ3v) is 3.95. The minimum absolute atomic E-state index is 0.351. The van der Waals surface area contributed by atoms with E-state index in [1.807, 2.05) is 18.3 Å². The topological polar surface area (TPSA) is 24.9 Å². The van der Waals surface area contributed by atoms with E-state index in [0.717, 1.165) is 6.54 Å². The number of hydrogen-bond acceptors (Lipinski definition) is 2. The normalized spacial score (nSPS) is 12.6. The van der Waals surface area contributed by atoms with Gasteiger partial charge in [-0.25, -0.2) is 4.98 Å². The monoisotopic (exact) mass is 296 g/mol. The Balaban J connectivity index is 1.99. The van der Waals surface area contributed by atoms with Crippen molar-refractivity contribution >= 4 is 11.6 Å². The Labute approximate surface area is 129 Å². The van der Waals surface area contributed by atoms with E-state index in [1.165, 1.54) is 56.9 Å². The Hall–Kier alpha value is -0.600. The second-order valence-corrected chi connectivity index (χ2v) is 5.95. The van der Waals surface area contributed by atoms with Gasteiger partial charge in [-0.1, -0.05) is 69.5 Å². The van der Waals surface area contributed by atoms with Crippen LogP contribution >= 0.6 is 11.6 Å². The van der Waals surface area contributed by atoms with E-state index in [-0.39, 0.29) is 0 Å². The smallest absolute Gasteiger partial charge is 0.129 e. The highest BCUT2D eigenvalue weighted by atomic mass is 35.5. The molecule has 1 rings (SSSR count). The zero-order valence-corrected chi connectivity index (χ0v) is 13.8. The van der Waals surface area contributed by atoms with E-state index in [9.17, 15) is 0 Å². The SMILES string of the molecule is CCCCCCCCCCN[C@@H](C)c1ccc(Cl)nc1. The van der Waals surface area contributed by atoms with Crippen molar-refractivity contribution in [3.05, 3.63) is 29.0 Å². The van der Waals surface area contributed by atoms with Crippen LogP contribution in [0.25, 0.3) is 0 Å². The van der Waals surface area contributed by atoms with Gasteiger partial charge in [-0.05, 0) is 31.5 Å². The van der Waals surface area contributed by atoms with E-state index in [0.29, 0.717) is 11.2 Å². The fourth-order valence-electron chi connectivity index (χ4n) is 2.34. The van der Waals surface area contributed by atoms with Crippen molar-refractivity contribution < 1.29 is 0 Å². The van der Waals surface area contributed by atoms with Gasteiger partial charge in [0.2, 0.25) is 0 Å². The zero-order valence-electron chi connectivity index (χ0n) is 13.0. The van der Waals surface area contributed by atoms with Crippen LogP contribution < -0.4 is 5.32 Å². The number of nitrogens with zero attached hydrogens (tertiary/aromatic N) is 1. The Morgan fingerprint density at radius 2 is 1.70 bits per heavy atom. The molecule has 0 bridgehead atoms. The van der Waals surface area contributed by atoms with Gasteiger partial charge in [-0.2, -0.15) is 0 Å². The minimum Gasteiger partial charge on any atom is -0.310 e. The summed E-state index contributed by atoms with van der Waals surface area (Å²) in [5, 5.41) is 4.11. The molecule has 114 valence electrons. The van der Waals surface area contributed by atoms with Gasteiger partial charge in [0.05, 0.1) is 0 Å². The molecule has 1 atom stereocenters. The minimum atomic E-state index is 0.351. The molecule has 0 aliphatic rings. The summed E-state index contributed by atoms with van der Waals surface area (Å²) in [4.78, 5) is 4.12. The predicted octanol–water partition coefficient (Wildman–Crippen LogP) is 5.53. The van der Waals surface area contributed by atoms with Gasteiger partial charge in [-0.3, -0.25) is 0 Å². The van der Waals surface area contributed by atoms with Gasteiger partial charge in [-0.15, -0.1) is 0 Å². The molecule has 1 N–H and O–H groups in total. The van der Waals surface area contributed by atoms with Crippen molar-refractivity contribution in [1.82, 2.24) is 10.3 Å². The van der Waals surface area contributed by atoms with E-state index in [2.05, 4.69) is 24.1 Å². The zero-order chi connectivity index (χ0) is 14.6. The molecule has 1 aromatic heterocycles. The maximum Gasteiger partial charge on any atom is 0.129 e. The van der Waals surface area contributed by atoms with Crippen LogP contribution in [0.5, 0.6) is 0 Å². The Morgan fingerprint density at radius 3 is 2.30 bits per heavy atom. The van der Waals surface area contributed by atoms with Gasteiger partial charge in [0, 0.05) is 12.2 Å². The lowest BCUT2D eigenvalue weighted by atomic mass is 10.1. The molecule has 20 heavy (non-hydrogen) atoms. The first-order valence-corrected chi connectivity index (χ1v) is 8.46. The molecule has 1 aromatic rings. The number of hydrogen-bond donors (Lipinski definition) is 1. The highest BCUT2D eigenvalue weighted by Crippen LogP contribution is 2.13. The molecule has 0 saturated carbocycles. The van der Waals surface area contributed by atoms with Crippen LogP contribution in [0.4, 0.5) is 0 Å². The molecule has 0 amide bonds. The Kier molecular flexibility index (Phi) is 9.69. The number of halogens is 1. The summed E-state index contributed by atoms with van der Waals surface area (Å²) in [5.74, 6) is 0. The summed E-state index contributed by atoms with van der Waals surface area (Å²) in [7, 11) is 0. The molecule has 2 nitrogen and oxygen atoms in total. The average molecular weight is 297 g/mol. The maximum absolute atomic E-state index is 5.79. The first kappa shape index (κ1) is 17.5. The van der Waals surface area contributed by atoms with Gasteiger partial charge in [0.1, 0.15) is 5.15 Å². The maximum atomic E-state index is 5.79. The molecule has 3 heteroatoms. The molecular formula is C17H29ClN2. The lowest BCUT2D eigenvalue weighted by molar-refractivity contribution is 0.521. The van der Waals surface area contributed by atoms with Gasteiger partial charge in [0.25, 0.3) is 0 Å². The number of pyridine rings is 1. The average Bonchev–Trinajstić information content (AvgIpc) is 2.46. The first-order chi connectivity index (χ1) is 9.74. The van der Waals surface area contributed by atoms with Crippen molar-refractivity contribution in [3.8, 4) is 0 Å². The van der Waals surface area contributed by atoms with Crippen LogP contribution in [0, 0.1) is 0 Å². The molecule has 0 aromatic carbocycles. The highest BCUT2D eigenvalue weighted by molar-refractivity contribution is 6.29. The second kappa shape index (κ2) is 11.1. The summed E-state index contributed by atoms with van der Waals surface area (Å²) < 4.78 is 0. The number of nitrogens with one attached hydrogen (secondary N) is 1. The number of rotatable bonds is 11. The van der Waals surface area contributed by atoms with Crippen LogP contribution in [0.15, 0.2) is 18.3 Å². The summed E-state index contributed by atoms with van der Waals surface area (Å²) in [6.45, 7) is 5.53.